The molecular formula is C27H32FN7O. The fourth-order valence-corrected chi connectivity index (χ4v) is 6.03. The number of aliphatic imine (C=N–C) groups is 1. The van der Waals surface area contributed by atoms with Crippen LogP contribution in [-0.2, 0) is 11.2 Å². The quantitative estimate of drug-likeness (QED) is 0.582. The standard InChI is InChI=1S/C27H32FN7O/c1-16-27(2,17-3-4-17)11-24-23(30-16)6-5-21(31-24)19-7-10-35-25(19)12-29-26(33-35)32-22-8-9-34(13-20(22)28)18-14-36-15-18/h5-7,10,12,17-18,20,22H,3-4,8-9,11,13-15H2,1-2H3,(H,32,33)/t20-,22+,27-/m1/s1. The third-order valence-electron chi connectivity index (χ3n) is 8.79. The number of nitrogens with zero attached hydrogens (tertiary/aromatic N) is 6. The van der Waals surface area contributed by atoms with E-state index in [9.17, 15) is 4.39 Å². The number of halogens is 1. The van der Waals surface area contributed by atoms with Crippen LogP contribution in [0.1, 0.15) is 38.8 Å². The molecule has 0 bridgehead atoms. The highest BCUT2D eigenvalue weighted by Crippen LogP contribution is 2.51. The van der Waals surface area contributed by atoms with E-state index in [0.29, 0.717) is 31.7 Å². The van der Waals surface area contributed by atoms with Crippen LogP contribution in [0.25, 0.3) is 16.8 Å². The smallest absolute Gasteiger partial charge is 0.241 e. The van der Waals surface area contributed by atoms with Crippen molar-refractivity contribution in [2.75, 3.05) is 31.6 Å². The third-order valence-corrected chi connectivity index (χ3v) is 8.79. The molecule has 36 heavy (non-hydrogen) atoms. The first-order chi connectivity index (χ1) is 17.5. The molecular weight excluding hydrogens is 457 g/mol. The summed E-state index contributed by atoms with van der Waals surface area (Å²) in [4.78, 5) is 16.7. The lowest BCUT2D eigenvalue weighted by Crippen LogP contribution is -2.57. The van der Waals surface area contributed by atoms with Crippen molar-refractivity contribution in [3.05, 3.63) is 36.3 Å². The summed E-state index contributed by atoms with van der Waals surface area (Å²) in [5.41, 5.74) is 6.17. The zero-order valence-corrected chi connectivity index (χ0v) is 20.8. The second-order valence-electron chi connectivity index (χ2n) is 11.1. The van der Waals surface area contributed by atoms with Gasteiger partial charge in [-0.3, -0.25) is 14.9 Å². The maximum absolute atomic E-state index is 14.9. The molecule has 2 saturated heterocycles. The molecule has 9 heteroatoms. The zero-order chi connectivity index (χ0) is 24.4. The third kappa shape index (κ3) is 3.71. The molecule has 1 N–H and O–H groups in total. The number of piperidine rings is 1. The predicted molar refractivity (Wildman–Crippen MR) is 137 cm³/mol. The summed E-state index contributed by atoms with van der Waals surface area (Å²) < 4.78 is 22.0. The van der Waals surface area contributed by atoms with Crippen LogP contribution in [0.2, 0.25) is 0 Å². The SMILES string of the molecule is CC1=Nc2ccc(-c3ccn4nc(N[C@H]5CCN(C6COC6)C[C@H]5F)ncc34)nc2C[C@@]1(C)C1CC1. The minimum atomic E-state index is -0.966. The number of nitrogens with one attached hydrogen (secondary N) is 1. The molecule has 1 saturated carbocycles. The Balaban J connectivity index is 1.11. The Bertz CT molecular complexity index is 1350. The topological polar surface area (TPSA) is 79.9 Å². The summed E-state index contributed by atoms with van der Waals surface area (Å²) in [5, 5.41) is 7.86. The zero-order valence-electron chi connectivity index (χ0n) is 20.8. The van der Waals surface area contributed by atoms with Crippen LogP contribution < -0.4 is 5.32 Å². The van der Waals surface area contributed by atoms with Gasteiger partial charge in [0.25, 0.3) is 0 Å². The minimum Gasteiger partial charge on any atom is -0.378 e. The van der Waals surface area contributed by atoms with Gasteiger partial charge in [-0.05, 0) is 50.3 Å². The number of rotatable bonds is 5. The molecule has 7 rings (SSSR count). The average molecular weight is 490 g/mol. The van der Waals surface area contributed by atoms with Crippen molar-refractivity contribution >= 4 is 22.9 Å². The van der Waals surface area contributed by atoms with Gasteiger partial charge in [-0.2, -0.15) is 0 Å². The van der Waals surface area contributed by atoms with Crippen LogP contribution in [0, 0.1) is 11.3 Å². The number of anilines is 1. The summed E-state index contributed by atoms with van der Waals surface area (Å²) in [6.07, 6.45) is 6.98. The van der Waals surface area contributed by atoms with Gasteiger partial charge in [0.2, 0.25) is 5.95 Å². The minimum absolute atomic E-state index is 0.112. The predicted octanol–water partition coefficient (Wildman–Crippen LogP) is 4.08. The largest absolute Gasteiger partial charge is 0.378 e. The lowest BCUT2D eigenvalue weighted by Gasteiger charge is -2.42. The van der Waals surface area contributed by atoms with Crippen molar-refractivity contribution in [3.8, 4) is 11.3 Å². The highest BCUT2D eigenvalue weighted by Gasteiger charge is 2.46. The van der Waals surface area contributed by atoms with Gasteiger partial charge >= 0.3 is 0 Å². The van der Waals surface area contributed by atoms with Gasteiger partial charge in [0.1, 0.15) is 6.17 Å². The normalized spacial score (nSPS) is 29.0. The van der Waals surface area contributed by atoms with Crippen LogP contribution in [0.3, 0.4) is 0 Å². The fourth-order valence-electron chi connectivity index (χ4n) is 6.03. The highest BCUT2D eigenvalue weighted by molar-refractivity contribution is 5.93. The van der Waals surface area contributed by atoms with Gasteiger partial charge in [0, 0.05) is 42.4 Å². The number of hydrogen-bond acceptors (Lipinski definition) is 7. The van der Waals surface area contributed by atoms with Crippen LogP contribution in [0.5, 0.6) is 0 Å². The Labute approximate surface area is 210 Å². The molecule has 0 amide bonds. The van der Waals surface area contributed by atoms with E-state index >= 15 is 0 Å². The summed E-state index contributed by atoms with van der Waals surface area (Å²) >= 11 is 0. The Hall–Kier alpha value is -2.91. The Morgan fingerprint density at radius 1 is 1.17 bits per heavy atom. The summed E-state index contributed by atoms with van der Waals surface area (Å²) in [7, 11) is 0. The summed E-state index contributed by atoms with van der Waals surface area (Å²) in [6.45, 7) is 7.21. The second kappa shape index (κ2) is 8.31. The van der Waals surface area contributed by atoms with Gasteiger partial charge in [-0.1, -0.05) is 6.92 Å². The van der Waals surface area contributed by atoms with E-state index in [-0.39, 0.29) is 11.5 Å². The first-order valence-electron chi connectivity index (χ1n) is 13.1. The van der Waals surface area contributed by atoms with E-state index in [2.05, 4.69) is 40.2 Å². The van der Waals surface area contributed by atoms with Crippen molar-refractivity contribution in [1.82, 2.24) is 24.5 Å². The number of pyridine rings is 1. The van der Waals surface area contributed by atoms with E-state index < -0.39 is 6.17 Å². The molecule has 0 aromatic carbocycles. The number of alkyl halides is 1. The Kier molecular flexibility index (Phi) is 5.15. The van der Waals surface area contributed by atoms with E-state index in [1.165, 1.54) is 18.6 Å². The average Bonchev–Trinajstić information content (AvgIpc) is 3.61. The number of likely N-dealkylation sites (tertiary alicyclic amines) is 1. The molecule has 3 aromatic heterocycles. The van der Waals surface area contributed by atoms with Gasteiger partial charge in [0.05, 0.1) is 54.1 Å². The molecule has 1 aliphatic carbocycles. The molecule has 0 spiro atoms. The monoisotopic (exact) mass is 489 g/mol. The van der Waals surface area contributed by atoms with Crippen molar-refractivity contribution in [3.63, 3.8) is 0 Å². The molecule has 6 heterocycles. The molecule has 0 radical (unpaired) electrons. The van der Waals surface area contributed by atoms with E-state index in [1.807, 2.05) is 18.3 Å². The maximum atomic E-state index is 14.9. The second-order valence-corrected chi connectivity index (χ2v) is 11.1. The van der Waals surface area contributed by atoms with Crippen LogP contribution in [0.4, 0.5) is 16.0 Å². The number of hydrogen-bond donors (Lipinski definition) is 1. The molecule has 3 fully saturated rings. The Morgan fingerprint density at radius 2 is 2.03 bits per heavy atom. The molecule has 0 unspecified atom stereocenters. The first kappa shape index (κ1) is 22.3. The van der Waals surface area contributed by atoms with Crippen LogP contribution >= 0.6 is 0 Å². The van der Waals surface area contributed by atoms with Gasteiger partial charge in [-0.25, -0.2) is 13.9 Å². The molecule has 4 aliphatic rings. The number of aromatic nitrogens is 4. The molecule has 3 aliphatic heterocycles. The van der Waals surface area contributed by atoms with Gasteiger partial charge in [0.15, 0.2) is 0 Å². The number of fused-ring (bicyclic) bond motifs is 2. The van der Waals surface area contributed by atoms with Crippen LogP contribution in [-0.4, -0.2) is 74.8 Å². The molecule has 188 valence electrons. The molecule has 3 aromatic rings. The fraction of sp³-hybridized carbons (Fsp3) is 0.556. The van der Waals surface area contributed by atoms with Gasteiger partial charge < -0.3 is 10.1 Å². The highest BCUT2D eigenvalue weighted by atomic mass is 19.1. The molecule has 3 atom stereocenters. The lowest BCUT2D eigenvalue weighted by atomic mass is 9.74. The molecule has 8 nitrogen and oxygen atoms in total. The van der Waals surface area contributed by atoms with Crippen molar-refractivity contribution in [2.45, 2.75) is 57.8 Å². The van der Waals surface area contributed by atoms with Gasteiger partial charge in [-0.15, -0.1) is 5.10 Å². The maximum Gasteiger partial charge on any atom is 0.241 e. The lowest BCUT2D eigenvalue weighted by molar-refractivity contribution is -0.0794. The van der Waals surface area contributed by atoms with Crippen molar-refractivity contribution in [1.29, 1.82) is 0 Å². The number of ether oxygens (including phenoxy) is 1. The van der Waals surface area contributed by atoms with Crippen molar-refractivity contribution < 1.29 is 9.13 Å². The van der Waals surface area contributed by atoms with E-state index in [1.54, 1.807) is 10.7 Å². The van der Waals surface area contributed by atoms with Crippen LogP contribution in [0.15, 0.2) is 35.6 Å². The first-order valence-corrected chi connectivity index (χ1v) is 13.1. The Morgan fingerprint density at radius 3 is 2.78 bits per heavy atom. The van der Waals surface area contributed by atoms with E-state index in [4.69, 9.17) is 14.7 Å². The van der Waals surface area contributed by atoms with E-state index in [0.717, 1.165) is 53.5 Å². The summed E-state index contributed by atoms with van der Waals surface area (Å²) in [5.74, 6) is 1.17. The summed E-state index contributed by atoms with van der Waals surface area (Å²) in [6, 6.07) is 6.22. The van der Waals surface area contributed by atoms with Crippen molar-refractivity contribution in [2.24, 2.45) is 16.3 Å².